The van der Waals surface area contributed by atoms with Crippen molar-refractivity contribution in [1.82, 2.24) is 0 Å². The SMILES string of the molecule is CCCCC1=Cc2ccccc2[C]1(CCCC)[Ti]([Cl])[Cl]. The van der Waals surface area contributed by atoms with Crippen LogP contribution in [0, 0.1) is 0 Å². The molecule has 0 N–H and O–H groups in total. The van der Waals surface area contributed by atoms with Crippen molar-refractivity contribution < 1.29 is 15.7 Å². The quantitative estimate of drug-likeness (QED) is 0.489. The third-order valence-corrected chi connectivity index (χ3v) is 9.31. The summed E-state index contributed by atoms with van der Waals surface area (Å²) in [6.07, 6.45) is 9.49. The maximum absolute atomic E-state index is 6.67. The molecule has 0 heterocycles. The molecule has 0 radical (unpaired) electrons. The van der Waals surface area contributed by atoms with Crippen molar-refractivity contribution in [3.05, 3.63) is 41.0 Å². The zero-order chi connectivity index (χ0) is 14.6. The fourth-order valence-corrected chi connectivity index (χ4v) is 7.75. The van der Waals surface area contributed by atoms with Gasteiger partial charge in [-0.2, -0.15) is 0 Å². The van der Waals surface area contributed by atoms with Crippen molar-refractivity contribution in [2.24, 2.45) is 0 Å². The Hall–Kier alpha value is 0.254. The average molecular weight is 346 g/mol. The molecule has 0 nitrogen and oxygen atoms in total. The monoisotopic (exact) mass is 345 g/mol. The number of halogens is 2. The van der Waals surface area contributed by atoms with Gasteiger partial charge in [-0.05, 0) is 0 Å². The summed E-state index contributed by atoms with van der Waals surface area (Å²) in [5, 5.41) is 0. The second-order valence-corrected chi connectivity index (χ2v) is 11.7. The van der Waals surface area contributed by atoms with Gasteiger partial charge in [-0.3, -0.25) is 0 Å². The van der Waals surface area contributed by atoms with E-state index in [-0.39, 0.29) is 3.72 Å². The van der Waals surface area contributed by atoms with E-state index < -0.39 is 15.7 Å². The van der Waals surface area contributed by atoms with Gasteiger partial charge in [0.05, 0.1) is 0 Å². The predicted octanol–water partition coefficient (Wildman–Crippen LogP) is 6.59. The topological polar surface area (TPSA) is 0 Å². The van der Waals surface area contributed by atoms with E-state index >= 15 is 0 Å². The molecule has 109 valence electrons. The summed E-state index contributed by atoms with van der Waals surface area (Å²) in [5.41, 5.74) is 4.26. The average Bonchev–Trinajstić information content (AvgIpc) is 2.77. The van der Waals surface area contributed by atoms with E-state index in [0.29, 0.717) is 0 Å². The molecule has 20 heavy (non-hydrogen) atoms. The van der Waals surface area contributed by atoms with E-state index in [9.17, 15) is 0 Å². The molecule has 0 amide bonds. The Morgan fingerprint density at radius 2 is 1.75 bits per heavy atom. The minimum atomic E-state index is -2.15. The first kappa shape index (κ1) is 16.6. The van der Waals surface area contributed by atoms with E-state index in [2.05, 4.69) is 44.2 Å². The molecule has 0 bridgehead atoms. The first-order valence-corrected chi connectivity index (χ1v) is 12.7. The molecule has 0 aliphatic heterocycles. The molecule has 1 unspecified atom stereocenters. The van der Waals surface area contributed by atoms with Gasteiger partial charge in [0.25, 0.3) is 0 Å². The zero-order valence-corrected chi connectivity index (χ0v) is 15.5. The van der Waals surface area contributed by atoms with Crippen molar-refractivity contribution in [1.29, 1.82) is 0 Å². The number of hydrogen-bond acceptors (Lipinski definition) is 0. The van der Waals surface area contributed by atoms with Crippen LogP contribution in [0.5, 0.6) is 0 Å². The number of fused-ring (bicyclic) bond motifs is 1. The van der Waals surface area contributed by atoms with E-state index in [4.69, 9.17) is 18.6 Å². The van der Waals surface area contributed by atoms with Crippen LogP contribution in [0.15, 0.2) is 29.8 Å². The fourth-order valence-electron chi connectivity index (χ4n) is 3.20. The number of benzene rings is 1. The van der Waals surface area contributed by atoms with Crippen molar-refractivity contribution in [2.45, 2.75) is 56.1 Å². The molecule has 2 rings (SSSR count). The summed E-state index contributed by atoms with van der Waals surface area (Å²) in [7, 11) is 13.3. The Labute approximate surface area is 137 Å². The van der Waals surface area contributed by atoms with Crippen molar-refractivity contribution in [2.75, 3.05) is 0 Å². The molecule has 1 aliphatic rings. The van der Waals surface area contributed by atoms with Gasteiger partial charge >= 0.3 is 137 Å². The summed E-state index contributed by atoms with van der Waals surface area (Å²) in [6, 6.07) is 8.71. The van der Waals surface area contributed by atoms with Gasteiger partial charge < -0.3 is 0 Å². The van der Waals surface area contributed by atoms with Crippen LogP contribution in [0.1, 0.15) is 63.5 Å². The van der Waals surface area contributed by atoms with Crippen LogP contribution in [-0.4, -0.2) is 0 Å². The Kier molecular flexibility index (Phi) is 6.23. The molecule has 0 spiro atoms. The second-order valence-electron chi connectivity index (χ2n) is 5.63. The Balaban J connectivity index is 2.44. The maximum atomic E-state index is 6.67. The molecule has 3 heteroatoms. The Bertz CT molecular complexity index is 482. The van der Waals surface area contributed by atoms with Gasteiger partial charge in [0.2, 0.25) is 0 Å². The van der Waals surface area contributed by atoms with E-state index in [1.165, 1.54) is 42.4 Å². The molecule has 1 aliphatic carbocycles. The Morgan fingerprint density at radius 1 is 1.05 bits per heavy atom. The molecule has 0 saturated heterocycles. The molecule has 0 saturated carbocycles. The first-order chi connectivity index (χ1) is 9.66. The number of rotatable bonds is 7. The minimum absolute atomic E-state index is 0.00485. The zero-order valence-electron chi connectivity index (χ0n) is 12.4. The third kappa shape index (κ3) is 3.04. The summed E-state index contributed by atoms with van der Waals surface area (Å²) in [6.45, 7) is 4.49. The van der Waals surface area contributed by atoms with Crippen LogP contribution in [0.4, 0.5) is 0 Å². The first-order valence-electron chi connectivity index (χ1n) is 7.65. The number of unbranched alkanes of at least 4 members (excludes halogenated alkanes) is 2. The number of allylic oxidation sites excluding steroid dienone is 1. The van der Waals surface area contributed by atoms with Gasteiger partial charge in [0, 0.05) is 0 Å². The van der Waals surface area contributed by atoms with E-state index in [1.807, 2.05) is 0 Å². The van der Waals surface area contributed by atoms with E-state index in [1.54, 1.807) is 0 Å². The summed E-state index contributed by atoms with van der Waals surface area (Å²) < 4.78 is 0.00485. The molecular formula is C17H23Cl2Ti. The second kappa shape index (κ2) is 7.50. The fraction of sp³-hybridized carbons (Fsp3) is 0.529. The predicted molar refractivity (Wildman–Crippen MR) is 86.9 cm³/mol. The van der Waals surface area contributed by atoms with Gasteiger partial charge in [-0.25, -0.2) is 0 Å². The van der Waals surface area contributed by atoms with Gasteiger partial charge in [-0.15, -0.1) is 0 Å². The van der Waals surface area contributed by atoms with Gasteiger partial charge in [0.15, 0.2) is 0 Å². The summed E-state index contributed by atoms with van der Waals surface area (Å²) >= 11 is -2.15. The third-order valence-electron chi connectivity index (χ3n) is 4.33. The van der Waals surface area contributed by atoms with Crippen molar-refractivity contribution >= 4 is 24.7 Å². The van der Waals surface area contributed by atoms with Crippen LogP contribution in [-0.2, 0) is 19.5 Å². The molecule has 0 aromatic heterocycles. The van der Waals surface area contributed by atoms with E-state index in [0.717, 1.165) is 12.8 Å². The standard InChI is InChI=1S/C17H23.2ClH.Ti/c1-3-5-9-14-13-15-10-7-8-12-17(15)16(14)11-6-4-2;;;/h7-8,10,12-13H,3-6,9,11H2,1-2H3;2*1H;/q;;;+2/p-2. The van der Waals surface area contributed by atoms with Gasteiger partial charge in [0.1, 0.15) is 0 Å². The summed E-state index contributed by atoms with van der Waals surface area (Å²) in [5.74, 6) is 0. The van der Waals surface area contributed by atoms with Crippen LogP contribution in [0.25, 0.3) is 6.08 Å². The number of hydrogen-bond donors (Lipinski definition) is 0. The summed E-state index contributed by atoms with van der Waals surface area (Å²) in [4.78, 5) is 0. The molecule has 1 atom stereocenters. The van der Waals surface area contributed by atoms with Gasteiger partial charge in [-0.1, -0.05) is 0 Å². The van der Waals surface area contributed by atoms with Crippen LogP contribution in [0.3, 0.4) is 0 Å². The normalized spacial score (nSPS) is 20.7. The van der Waals surface area contributed by atoms with Crippen molar-refractivity contribution in [3.8, 4) is 0 Å². The van der Waals surface area contributed by atoms with Crippen LogP contribution >= 0.6 is 18.6 Å². The van der Waals surface area contributed by atoms with Crippen LogP contribution in [0.2, 0.25) is 0 Å². The molecule has 1 aromatic carbocycles. The van der Waals surface area contributed by atoms with Crippen LogP contribution < -0.4 is 0 Å². The Morgan fingerprint density at radius 3 is 2.40 bits per heavy atom. The molecule has 0 fully saturated rings. The van der Waals surface area contributed by atoms with Crippen molar-refractivity contribution in [3.63, 3.8) is 0 Å². The molecule has 1 aromatic rings. The molecular weight excluding hydrogens is 323 g/mol.